The number of hydrogen-bond donors (Lipinski definition) is 2. The molecule has 1 fully saturated rings. The molecule has 26 heavy (non-hydrogen) atoms. The van der Waals surface area contributed by atoms with Gasteiger partial charge < -0.3 is 19.9 Å². The quantitative estimate of drug-likeness (QED) is 0.600. The van der Waals surface area contributed by atoms with E-state index >= 15 is 0 Å². The summed E-state index contributed by atoms with van der Waals surface area (Å²) in [6, 6.07) is 8.07. The highest BCUT2D eigenvalue weighted by Crippen LogP contribution is 2.40. The van der Waals surface area contributed by atoms with Crippen molar-refractivity contribution in [2.24, 2.45) is 0 Å². The third-order valence-electron chi connectivity index (χ3n) is 4.71. The predicted octanol–water partition coefficient (Wildman–Crippen LogP) is 2.95. The number of thiocarbonyl (C=S) groups is 1. The number of aromatic nitrogens is 2. The maximum atomic E-state index is 11.5. The standard InChI is InChI=1S/C19H24N4O2S/c1-12-11-14(13(2)21-12)18-17(15-7-4-5-9-20-15)22-19(26)23(18)10-6-8-16(24)25-3/h4-5,7,9,11,17-18,21H,6,8,10H2,1-3H3,(H,22,26)/t17-,18+/m1/s1. The minimum absolute atomic E-state index is 0.0278. The average molecular weight is 372 g/mol. The monoisotopic (exact) mass is 372 g/mol. The Kier molecular flexibility index (Phi) is 5.56. The minimum Gasteiger partial charge on any atom is -0.469 e. The number of methoxy groups -OCH3 is 1. The van der Waals surface area contributed by atoms with Gasteiger partial charge >= 0.3 is 5.97 Å². The van der Waals surface area contributed by atoms with Gasteiger partial charge in [-0.05, 0) is 56.2 Å². The summed E-state index contributed by atoms with van der Waals surface area (Å²) in [5.74, 6) is -0.199. The van der Waals surface area contributed by atoms with Crippen molar-refractivity contribution in [3.8, 4) is 0 Å². The molecule has 0 amide bonds. The number of nitrogens with zero attached hydrogens (tertiary/aromatic N) is 2. The molecule has 0 aromatic carbocycles. The molecule has 1 saturated heterocycles. The van der Waals surface area contributed by atoms with E-state index in [-0.39, 0.29) is 18.1 Å². The SMILES string of the molecule is COC(=O)CCCN1C(=S)N[C@H](c2ccccn2)[C@@H]1c1cc(C)[nH]c1C. The largest absolute Gasteiger partial charge is 0.469 e. The highest BCUT2D eigenvalue weighted by molar-refractivity contribution is 7.80. The average Bonchev–Trinajstić information content (AvgIpc) is 3.14. The zero-order chi connectivity index (χ0) is 18.7. The van der Waals surface area contributed by atoms with Crippen LogP contribution in [0.1, 0.15) is 47.6 Å². The van der Waals surface area contributed by atoms with Crippen LogP contribution >= 0.6 is 12.2 Å². The Morgan fingerprint density at radius 2 is 2.19 bits per heavy atom. The number of rotatable bonds is 6. The molecule has 2 atom stereocenters. The lowest BCUT2D eigenvalue weighted by molar-refractivity contribution is -0.140. The van der Waals surface area contributed by atoms with Crippen molar-refractivity contribution in [3.63, 3.8) is 0 Å². The molecule has 0 spiro atoms. The van der Waals surface area contributed by atoms with E-state index in [1.54, 1.807) is 6.20 Å². The van der Waals surface area contributed by atoms with E-state index in [4.69, 9.17) is 17.0 Å². The number of H-pyrrole nitrogens is 1. The molecule has 7 heteroatoms. The number of aromatic amines is 1. The Labute approximate surface area is 159 Å². The molecule has 0 radical (unpaired) electrons. The van der Waals surface area contributed by atoms with Gasteiger partial charge in [-0.3, -0.25) is 9.78 Å². The summed E-state index contributed by atoms with van der Waals surface area (Å²) in [6.45, 7) is 4.80. The van der Waals surface area contributed by atoms with Gasteiger partial charge in [-0.15, -0.1) is 0 Å². The Hall–Kier alpha value is -2.41. The molecule has 1 aliphatic heterocycles. The van der Waals surface area contributed by atoms with Crippen molar-refractivity contribution in [2.75, 3.05) is 13.7 Å². The molecule has 2 aromatic heterocycles. The first-order chi connectivity index (χ1) is 12.5. The van der Waals surface area contributed by atoms with E-state index in [9.17, 15) is 4.79 Å². The van der Waals surface area contributed by atoms with Crippen LogP contribution in [0.15, 0.2) is 30.5 Å². The zero-order valence-electron chi connectivity index (χ0n) is 15.3. The maximum Gasteiger partial charge on any atom is 0.305 e. The summed E-state index contributed by atoms with van der Waals surface area (Å²) in [4.78, 5) is 21.5. The van der Waals surface area contributed by atoms with Gasteiger partial charge in [-0.1, -0.05) is 6.07 Å². The molecule has 0 bridgehead atoms. The summed E-state index contributed by atoms with van der Waals surface area (Å²) < 4.78 is 4.75. The van der Waals surface area contributed by atoms with Crippen molar-refractivity contribution >= 4 is 23.3 Å². The Bertz CT molecular complexity index is 790. The van der Waals surface area contributed by atoms with Crippen molar-refractivity contribution in [1.82, 2.24) is 20.2 Å². The van der Waals surface area contributed by atoms with E-state index in [2.05, 4.69) is 40.1 Å². The smallest absolute Gasteiger partial charge is 0.305 e. The first-order valence-electron chi connectivity index (χ1n) is 8.72. The second-order valence-electron chi connectivity index (χ2n) is 6.53. The first kappa shape index (κ1) is 18.4. The first-order valence-corrected chi connectivity index (χ1v) is 9.13. The fraction of sp³-hybridized carbons (Fsp3) is 0.421. The van der Waals surface area contributed by atoms with Gasteiger partial charge in [0, 0.05) is 30.6 Å². The van der Waals surface area contributed by atoms with Crippen molar-refractivity contribution in [1.29, 1.82) is 0 Å². The van der Waals surface area contributed by atoms with Gasteiger partial charge in [-0.2, -0.15) is 0 Å². The van der Waals surface area contributed by atoms with Crippen LogP contribution < -0.4 is 5.32 Å². The van der Waals surface area contributed by atoms with E-state index in [0.717, 1.165) is 17.1 Å². The molecular formula is C19H24N4O2S. The highest BCUT2D eigenvalue weighted by Gasteiger charge is 2.40. The predicted molar refractivity (Wildman–Crippen MR) is 104 cm³/mol. The third-order valence-corrected chi connectivity index (χ3v) is 5.07. The van der Waals surface area contributed by atoms with Gasteiger partial charge in [0.25, 0.3) is 0 Å². The fourth-order valence-electron chi connectivity index (χ4n) is 3.53. The summed E-state index contributed by atoms with van der Waals surface area (Å²) in [5, 5.41) is 4.11. The number of aryl methyl sites for hydroxylation is 2. The number of nitrogens with one attached hydrogen (secondary N) is 2. The molecule has 2 aromatic rings. The number of carbonyl (C=O) groups excluding carboxylic acids is 1. The van der Waals surface area contributed by atoms with Gasteiger partial charge in [0.05, 0.1) is 24.9 Å². The Morgan fingerprint density at radius 1 is 1.38 bits per heavy atom. The minimum atomic E-state index is -0.199. The molecular weight excluding hydrogens is 348 g/mol. The normalized spacial score (nSPS) is 19.5. The summed E-state index contributed by atoms with van der Waals surface area (Å²) in [7, 11) is 1.41. The number of hydrogen-bond acceptors (Lipinski definition) is 4. The van der Waals surface area contributed by atoms with Gasteiger partial charge in [-0.25, -0.2) is 0 Å². The number of carbonyl (C=O) groups is 1. The van der Waals surface area contributed by atoms with Crippen molar-refractivity contribution in [2.45, 2.75) is 38.8 Å². The van der Waals surface area contributed by atoms with Crippen LogP contribution in [0.25, 0.3) is 0 Å². The molecule has 2 N–H and O–H groups in total. The maximum absolute atomic E-state index is 11.5. The van der Waals surface area contributed by atoms with Gasteiger partial charge in [0.2, 0.25) is 0 Å². The van der Waals surface area contributed by atoms with Gasteiger partial charge in [0.1, 0.15) is 0 Å². The molecule has 6 nitrogen and oxygen atoms in total. The van der Waals surface area contributed by atoms with Crippen LogP contribution in [0.2, 0.25) is 0 Å². The number of esters is 1. The van der Waals surface area contributed by atoms with Crippen LogP contribution in [-0.4, -0.2) is 39.6 Å². The van der Waals surface area contributed by atoms with Crippen LogP contribution in [0.4, 0.5) is 0 Å². The van der Waals surface area contributed by atoms with Crippen molar-refractivity contribution < 1.29 is 9.53 Å². The van der Waals surface area contributed by atoms with E-state index < -0.39 is 0 Å². The third kappa shape index (κ3) is 3.72. The molecule has 0 aliphatic carbocycles. The van der Waals surface area contributed by atoms with Gasteiger partial charge in [0.15, 0.2) is 5.11 Å². The van der Waals surface area contributed by atoms with Crippen LogP contribution in [0.3, 0.4) is 0 Å². The van der Waals surface area contributed by atoms with Crippen LogP contribution in [0, 0.1) is 13.8 Å². The number of pyridine rings is 1. The second-order valence-corrected chi connectivity index (χ2v) is 6.92. The lowest BCUT2D eigenvalue weighted by Gasteiger charge is -2.27. The zero-order valence-corrected chi connectivity index (χ0v) is 16.1. The molecule has 138 valence electrons. The highest BCUT2D eigenvalue weighted by atomic mass is 32.1. The molecule has 3 rings (SSSR count). The van der Waals surface area contributed by atoms with Crippen LogP contribution in [-0.2, 0) is 9.53 Å². The lowest BCUT2D eigenvalue weighted by Crippen LogP contribution is -2.31. The van der Waals surface area contributed by atoms with E-state index in [1.165, 1.54) is 12.7 Å². The Morgan fingerprint density at radius 3 is 2.81 bits per heavy atom. The summed E-state index contributed by atoms with van der Waals surface area (Å²) in [5.41, 5.74) is 4.39. The van der Waals surface area contributed by atoms with Crippen LogP contribution in [0.5, 0.6) is 0 Å². The van der Waals surface area contributed by atoms with Crippen molar-refractivity contribution in [3.05, 3.63) is 53.1 Å². The van der Waals surface area contributed by atoms with E-state index in [0.29, 0.717) is 24.5 Å². The molecule has 0 unspecified atom stereocenters. The molecule has 3 heterocycles. The lowest BCUT2D eigenvalue weighted by atomic mass is 9.96. The summed E-state index contributed by atoms with van der Waals surface area (Å²) >= 11 is 5.61. The van der Waals surface area contributed by atoms with E-state index in [1.807, 2.05) is 18.2 Å². The topological polar surface area (TPSA) is 70.2 Å². The summed E-state index contributed by atoms with van der Waals surface area (Å²) in [6.07, 6.45) is 2.86. The molecule has 0 saturated carbocycles. The number of ether oxygens (including phenoxy) is 1. The molecule has 1 aliphatic rings. The second kappa shape index (κ2) is 7.86. The Balaban J connectivity index is 1.90. The fourth-order valence-corrected chi connectivity index (χ4v) is 3.87.